The average molecular weight is 212 g/mol. The van der Waals surface area contributed by atoms with E-state index in [9.17, 15) is 4.79 Å². The monoisotopic (exact) mass is 212 g/mol. The van der Waals surface area contributed by atoms with Crippen molar-refractivity contribution in [2.45, 2.75) is 25.8 Å². The van der Waals surface area contributed by atoms with Gasteiger partial charge >= 0.3 is 0 Å². The molecule has 4 nitrogen and oxygen atoms in total. The topological polar surface area (TPSA) is 41.6 Å². The third-order valence-electron chi connectivity index (χ3n) is 2.97. The first-order valence-electron chi connectivity index (χ1n) is 5.86. The Morgan fingerprint density at radius 2 is 2.13 bits per heavy atom. The van der Waals surface area contributed by atoms with E-state index in [0.717, 1.165) is 45.7 Å². The van der Waals surface area contributed by atoms with Gasteiger partial charge in [0.05, 0.1) is 13.2 Å². The van der Waals surface area contributed by atoms with Gasteiger partial charge in [0.15, 0.2) is 0 Å². The first kappa shape index (κ1) is 10.9. The van der Waals surface area contributed by atoms with E-state index in [1.807, 2.05) is 0 Å². The van der Waals surface area contributed by atoms with E-state index < -0.39 is 0 Å². The van der Waals surface area contributed by atoms with Crippen LogP contribution in [0.3, 0.4) is 0 Å². The lowest BCUT2D eigenvalue weighted by Gasteiger charge is -2.29. The zero-order valence-corrected chi connectivity index (χ0v) is 9.37. The molecule has 1 N–H and O–H groups in total. The lowest BCUT2D eigenvalue weighted by atomic mass is 10.2. The largest absolute Gasteiger partial charge is 0.379 e. The van der Waals surface area contributed by atoms with Crippen LogP contribution in [0.25, 0.3) is 0 Å². The third-order valence-corrected chi connectivity index (χ3v) is 2.97. The average Bonchev–Trinajstić information content (AvgIpc) is 3.01. The molecule has 2 aliphatic rings. The van der Waals surface area contributed by atoms with Crippen LogP contribution in [0.1, 0.15) is 19.8 Å². The molecular formula is C11H20N2O2. The van der Waals surface area contributed by atoms with E-state index in [2.05, 4.69) is 17.1 Å². The van der Waals surface area contributed by atoms with Crippen LogP contribution in [0.2, 0.25) is 0 Å². The Balaban J connectivity index is 1.66. The summed E-state index contributed by atoms with van der Waals surface area (Å²) in [4.78, 5) is 13.9. The lowest BCUT2D eigenvalue weighted by molar-refractivity contribution is -0.123. The molecule has 1 aliphatic carbocycles. The van der Waals surface area contributed by atoms with Crippen LogP contribution in [0.5, 0.6) is 0 Å². The molecule has 0 radical (unpaired) electrons. The van der Waals surface area contributed by atoms with Crippen molar-refractivity contribution in [3.8, 4) is 0 Å². The predicted molar refractivity (Wildman–Crippen MR) is 57.6 cm³/mol. The van der Waals surface area contributed by atoms with Crippen LogP contribution in [-0.4, -0.2) is 49.7 Å². The molecule has 0 aromatic carbocycles. The Morgan fingerprint density at radius 3 is 2.73 bits per heavy atom. The van der Waals surface area contributed by atoms with Gasteiger partial charge in [0.25, 0.3) is 0 Å². The van der Waals surface area contributed by atoms with Crippen LogP contribution in [0.15, 0.2) is 0 Å². The van der Waals surface area contributed by atoms with Crippen molar-refractivity contribution in [3.63, 3.8) is 0 Å². The molecular weight excluding hydrogens is 192 g/mol. The molecule has 0 spiro atoms. The number of nitrogens with zero attached hydrogens (tertiary/aromatic N) is 1. The molecule has 2 fully saturated rings. The highest BCUT2D eigenvalue weighted by Gasteiger charge is 2.30. The molecule has 2 rings (SSSR count). The molecule has 0 aromatic heterocycles. The van der Waals surface area contributed by atoms with Crippen LogP contribution in [-0.2, 0) is 9.53 Å². The van der Waals surface area contributed by atoms with Gasteiger partial charge in [-0.25, -0.2) is 0 Å². The van der Waals surface area contributed by atoms with Gasteiger partial charge in [0, 0.05) is 31.6 Å². The molecule has 1 saturated heterocycles. The van der Waals surface area contributed by atoms with E-state index in [1.54, 1.807) is 0 Å². The molecule has 15 heavy (non-hydrogen) atoms. The van der Waals surface area contributed by atoms with Gasteiger partial charge < -0.3 is 10.1 Å². The van der Waals surface area contributed by atoms with Gasteiger partial charge in [-0.1, -0.05) is 0 Å². The lowest BCUT2D eigenvalue weighted by Crippen LogP contribution is -2.46. The Hall–Kier alpha value is -0.610. The standard InChI is InChI=1S/C11H20N2O2/c1-9(12-11(14)10-2-3-10)8-13-4-6-15-7-5-13/h9-10H,2-8H2,1H3,(H,12,14)/t9-/m0/s1. The number of hydrogen-bond acceptors (Lipinski definition) is 3. The summed E-state index contributed by atoms with van der Waals surface area (Å²) in [6.45, 7) is 6.65. The molecule has 1 heterocycles. The van der Waals surface area contributed by atoms with Crippen molar-refractivity contribution in [1.29, 1.82) is 0 Å². The maximum Gasteiger partial charge on any atom is 0.223 e. The Bertz CT molecular complexity index is 223. The number of ether oxygens (including phenoxy) is 1. The second kappa shape index (κ2) is 4.94. The fourth-order valence-corrected chi connectivity index (χ4v) is 1.92. The van der Waals surface area contributed by atoms with Gasteiger partial charge in [-0.2, -0.15) is 0 Å². The second-order valence-corrected chi connectivity index (χ2v) is 4.60. The van der Waals surface area contributed by atoms with E-state index in [4.69, 9.17) is 4.74 Å². The molecule has 1 atom stereocenters. The first-order valence-corrected chi connectivity index (χ1v) is 5.86. The fraction of sp³-hybridized carbons (Fsp3) is 0.909. The summed E-state index contributed by atoms with van der Waals surface area (Å²) in [5, 5.41) is 3.07. The van der Waals surface area contributed by atoms with Crippen molar-refractivity contribution in [1.82, 2.24) is 10.2 Å². The molecule has 0 bridgehead atoms. The minimum absolute atomic E-state index is 0.246. The summed E-state index contributed by atoms with van der Waals surface area (Å²) >= 11 is 0. The fourth-order valence-electron chi connectivity index (χ4n) is 1.92. The number of nitrogens with one attached hydrogen (secondary N) is 1. The van der Waals surface area contributed by atoms with E-state index in [0.29, 0.717) is 5.92 Å². The summed E-state index contributed by atoms with van der Waals surface area (Å²) in [5.41, 5.74) is 0. The second-order valence-electron chi connectivity index (χ2n) is 4.60. The number of amides is 1. The number of morpholine rings is 1. The van der Waals surface area contributed by atoms with E-state index in [-0.39, 0.29) is 11.9 Å². The summed E-state index contributed by atoms with van der Waals surface area (Å²) in [7, 11) is 0. The summed E-state index contributed by atoms with van der Waals surface area (Å²) in [6, 6.07) is 0.260. The minimum Gasteiger partial charge on any atom is -0.379 e. The number of hydrogen-bond donors (Lipinski definition) is 1. The number of carbonyl (C=O) groups excluding carboxylic acids is 1. The molecule has 1 saturated carbocycles. The van der Waals surface area contributed by atoms with Gasteiger partial charge in [-0.3, -0.25) is 9.69 Å². The van der Waals surface area contributed by atoms with Crippen LogP contribution >= 0.6 is 0 Å². The Labute approximate surface area is 91.0 Å². The maximum absolute atomic E-state index is 11.5. The number of rotatable bonds is 4. The zero-order chi connectivity index (χ0) is 10.7. The van der Waals surface area contributed by atoms with Crippen molar-refractivity contribution in [2.75, 3.05) is 32.8 Å². The maximum atomic E-state index is 11.5. The SMILES string of the molecule is C[C@@H](CN1CCOCC1)NC(=O)C1CC1. The van der Waals surface area contributed by atoms with Crippen LogP contribution in [0, 0.1) is 5.92 Å². The van der Waals surface area contributed by atoms with Crippen LogP contribution < -0.4 is 5.32 Å². The summed E-state index contributed by atoms with van der Waals surface area (Å²) in [6.07, 6.45) is 2.16. The predicted octanol–water partition coefficient (Wildman–Crippen LogP) is 0.233. The molecule has 0 unspecified atom stereocenters. The van der Waals surface area contributed by atoms with Crippen molar-refractivity contribution in [3.05, 3.63) is 0 Å². The zero-order valence-electron chi connectivity index (χ0n) is 9.37. The van der Waals surface area contributed by atoms with Gasteiger partial charge in [-0.15, -0.1) is 0 Å². The normalized spacial score (nSPS) is 24.9. The minimum atomic E-state index is 0.246. The van der Waals surface area contributed by atoms with Gasteiger partial charge in [0.2, 0.25) is 5.91 Å². The summed E-state index contributed by atoms with van der Waals surface area (Å²) in [5.74, 6) is 0.563. The highest BCUT2D eigenvalue weighted by atomic mass is 16.5. The molecule has 0 aromatic rings. The summed E-state index contributed by atoms with van der Waals surface area (Å²) < 4.78 is 5.28. The smallest absolute Gasteiger partial charge is 0.223 e. The molecule has 1 aliphatic heterocycles. The van der Waals surface area contributed by atoms with Crippen molar-refractivity contribution >= 4 is 5.91 Å². The highest BCUT2D eigenvalue weighted by Crippen LogP contribution is 2.28. The van der Waals surface area contributed by atoms with Gasteiger partial charge in [-0.05, 0) is 19.8 Å². The van der Waals surface area contributed by atoms with Gasteiger partial charge in [0.1, 0.15) is 0 Å². The third kappa shape index (κ3) is 3.47. The van der Waals surface area contributed by atoms with Crippen molar-refractivity contribution < 1.29 is 9.53 Å². The Kier molecular flexibility index (Phi) is 3.59. The quantitative estimate of drug-likeness (QED) is 0.725. The number of carbonyl (C=O) groups is 1. The molecule has 1 amide bonds. The first-order chi connectivity index (χ1) is 7.25. The molecule has 4 heteroatoms. The Morgan fingerprint density at radius 1 is 1.47 bits per heavy atom. The van der Waals surface area contributed by atoms with E-state index >= 15 is 0 Å². The molecule has 86 valence electrons. The highest BCUT2D eigenvalue weighted by molar-refractivity contribution is 5.81. The van der Waals surface area contributed by atoms with Crippen molar-refractivity contribution in [2.24, 2.45) is 5.92 Å². The van der Waals surface area contributed by atoms with Crippen LogP contribution in [0.4, 0.5) is 0 Å². The van der Waals surface area contributed by atoms with E-state index in [1.165, 1.54) is 0 Å².